The fraction of sp³-hybridized carbons (Fsp3) is 0.229. The van der Waals surface area contributed by atoms with Crippen molar-refractivity contribution in [3.63, 3.8) is 0 Å². The highest BCUT2D eigenvalue weighted by atomic mass is 19.1. The van der Waals surface area contributed by atoms with Gasteiger partial charge in [-0.1, -0.05) is 62.7 Å². The highest BCUT2D eigenvalue weighted by Gasteiger charge is 2.18. The standard InChI is InChI=1S/C17H16N6.C17H20N4O.C17H19N3O2.C16H18FN5.C16H18N4O/c18-17-9-15(20-10-12-2-1-6-19-12)13-4-3-11(8-16(13)22-17)14-5-7-21-23-14;1-17(2,22)10-20-14-8-16(18)21-15-7-11(3-4-13(14)15)12-5-6-19-9-12;1-2-13(21)10-22-16-8-17(18)20-15-7-11(3-4-14(15)16)12-5-6-19-9-12;1-2-3-5-19-14-9-16(18)21-15-8-10(12(17)7-11(14)15)13-4-6-20-22-13;1-10(21)8-19-14-7-16(17)20-15-6-11(2-3-13(14)15)12-4-5-18-9-12/h1-9,19H,10H2,(H,21,23)(H3,18,20,22);3-8,22H,9-10H2,1-2H3,(H3,18,20,21);3-8,13,21H,2,9-10H2,1H3,(H2,18,20);4,6-9H,2-3,5H2,1H3,(H,20,22)(H3,18,19,21);2-7,10,21H,8-9H2,1H3,(H3,17,19,20)/t;;13-;;10-/m..1.1/s1. The molecule has 5 aromatic carbocycles. The summed E-state index contributed by atoms with van der Waals surface area (Å²) in [6.07, 6.45) is 18.6. The normalized spacial score (nSPS) is 13.3. The van der Waals surface area contributed by atoms with Crippen LogP contribution in [0.4, 0.5) is 56.2 Å². The van der Waals surface area contributed by atoms with Gasteiger partial charge in [0.15, 0.2) is 0 Å². The van der Waals surface area contributed by atoms with Crippen LogP contribution in [0, 0.1) is 5.82 Å². The minimum absolute atomic E-state index is 0.246. The molecule has 20 N–H and O–H groups in total. The number of H-pyrrole nitrogens is 3. The first-order valence-corrected chi connectivity index (χ1v) is 36.3. The van der Waals surface area contributed by atoms with Crippen molar-refractivity contribution in [3.8, 4) is 28.3 Å². The van der Waals surface area contributed by atoms with E-state index in [2.05, 4.69) is 112 Å². The molecule has 0 fully saturated rings. The molecule has 8 aromatic heterocycles. The van der Waals surface area contributed by atoms with E-state index in [-0.39, 0.29) is 12.4 Å². The largest absolute Gasteiger partial charge is 0.490 e. The quantitative estimate of drug-likeness (QED) is 0.0280. The number of benzene rings is 5. The number of aliphatic hydroxyl groups is 3. The Balaban J connectivity index is 0.000000128. The number of nitrogens with two attached hydrogens (primary N) is 5. The highest BCUT2D eigenvalue weighted by Crippen LogP contribution is 2.36. The first-order chi connectivity index (χ1) is 53.2. The van der Waals surface area contributed by atoms with Crippen LogP contribution in [-0.2, 0) is 6.54 Å². The van der Waals surface area contributed by atoms with Gasteiger partial charge in [-0.2, -0.15) is 10.2 Å². The summed E-state index contributed by atoms with van der Waals surface area (Å²) in [5.41, 5.74) is 47.2. The van der Waals surface area contributed by atoms with E-state index in [0.717, 1.165) is 130 Å². The number of pyridine rings is 5. The number of anilines is 9. The monoisotopic (exact) mass is 1480 g/mol. The van der Waals surface area contributed by atoms with Crippen LogP contribution in [0.2, 0.25) is 0 Å². The van der Waals surface area contributed by atoms with Gasteiger partial charge in [0.05, 0.1) is 83.0 Å². The predicted octanol–water partition coefficient (Wildman–Crippen LogP) is 13.7. The first-order valence-electron chi connectivity index (χ1n) is 36.3. The molecule has 0 spiro atoms. The van der Waals surface area contributed by atoms with Crippen LogP contribution in [0.15, 0.2) is 191 Å². The molecule has 0 aliphatic carbocycles. The molecule has 0 unspecified atom stereocenters. The van der Waals surface area contributed by atoms with Gasteiger partial charge in [0.2, 0.25) is 0 Å². The Labute approximate surface area is 635 Å². The number of ether oxygens (including phenoxy) is 1. The van der Waals surface area contributed by atoms with E-state index in [1.54, 1.807) is 69.6 Å². The summed E-state index contributed by atoms with van der Waals surface area (Å²) in [6.45, 7) is 14.1. The summed E-state index contributed by atoms with van der Waals surface area (Å²) >= 11 is 0. The Morgan fingerprint density at radius 2 is 0.991 bits per heavy atom. The Hall–Kier alpha value is -13.1. The lowest BCUT2D eigenvalue weighted by Crippen LogP contribution is -2.29. The third-order valence-corrected chi connectivity index (χ3v) is 18.0. The molecule has 3 aliphatic rings. The van der Waals surface area contributed by atoms with Gasteiger partial charge in [0, 0.05) is 154 Å². The third kappa shape index (κ3) is 19.9. The number of nitrogen functional groups attached to an aromatic ring is 5. The molecule has 11 heterocycles. The van der Waals surface area contributed by atoms with Gasteiger partial charge in [-0.15, -0.1) is 0 Å². The van der Waals surface area contributed by atoms with Crippen LogP contribution in [0.1, 0.15) is 76.3 Å². The minimum atomic E-state index is -0.795. The van der Waals surface area contributed by atoms with Crippen LogP contribution in [-0.4, -0.2) is 148 Å². The van der Waals surface area contributed by atoms with Crippen molar-refractivity contribution in [3.05, 3.63) is 205 Å². The van der Waals surface area contributed by atoms with Gasteiger partial charge >= 0.3 is 0 Å². The molecular formula is C83H91FN22O4. The molecule has 3 aliphatic heterocycles. The second-order valence-corrected chi connectivity index (χ2v) is 27.3. The zero-order valence-electron chi connectivity index (χ0n) is 61.9. The Morgan fingerprint density at radius 1 is 0.527 bits per heavy atom. The predicted molar refractivity (Wildman–Crippen MR) is 448 cm³/mol. The van der Waals surface area contributed by atoms with Crippen LogP contribution < -0.4 is 54.7 Å². The summed E-state index contributed by atoms with van der Waals surface area (Å²) in [5, 5.41) is 60.3. The number of aliphatic imine (C=N–C) groups is 3. The smallest absolute Gasteiger partial charge is 0.133 e. The summed E-state index contributed by atoms with van der Waals surface area (Å²) in [5.74, 6) is 2.56. The van der Waals surface area contributed by atoms with E-state index in [0.29, 0.717) is 97.3 Å². The van der Waals surface area contributed by atoms with Crippen molar-refractivity contribution in [2.24, 2.45) is 15.0 Å². The zero-order valence-corrected chi connectivity index (χ0v) is 61.9. The van der Waals surface area contributed by atoms with Crippen molar-refractivity contribution >= 4 is 142 Å². The van der Waals surface area contributed by atoms with Crippen LogP contribution in [0.5, 0.6) is 5.75 Å². The van der Waals surface area contributed by atoms with Crippen LogP contribution >= 0.6 is 0 Å². The molecule has 26 nitrogen and oxygen atoms in total. The zero-order chi connectivity index (χ0) is 77.3. The number of rotatable bonds is 22. The number of hydrogen-bond donors (Lipinski definition) is 15. The van der Waals surface area contributed by atoms with Gasteiger partial charge in [-0.3, -0.25) is 25.2 Å². The number of aliphatic hydroxyl groups excluding tert-OH is 2. The number of unbranched alkanes of at least 4 members (excludes halogenated alkanes) is 1. The Kier molecular flexibility index (Phi) is 24.7. The first kappa shape index (κ1) is 76.5. The van der Waals surface area contributed by atoms with Gasteiger partial charge in [0.25, 0.3) is 0 Å². The fourth-order valence-corrected chi connectivity index (χ4v) is 12.3. The summed E-state index contributed by atoms with van der Waals surface area (Å²) in [6, 6.07) is 44.1. The lowest BCUT2D eigenvalue weighted by Gasteiger charge is -2.19. The average molecular weight is 1480 g/mol. The highest BCUT2D eigenvalue weighted by molar-refractivity contribution is 6.01. The van der Waals surface area contributed by atoms with Crippen LogP contribution in [0.3, 0.4) is 0 Å². The maximum absolute atomic E-state index is 14.4. The van der Waals surface area contributed by atoms with Gasteiger partial charge < -0.3 is 75.0 Å². The number of hydrogen-bond acceptors (Lipinski definition) is 23. The molecule has 2 atom stereocenters. The number of nitrogens with one attached hydrogen (secondary N) is 7. The maximum atomic E-state index is 14.4. The van der Waals surface area contributed by atoms with E-state index in [1.165, 1.54) is 17.2 Å². The summed E-state index contributed by atoms with van der Waals surface area (Å²) < 4.78 is 20.1. The number of aromatic amines is 3. The lowest BCUT2D eigenvalue weighted by molar-refractivity contribution is 0.0945. The molecule has 110 heavy (non-hydrogen) atoms. The van der Waals surface area contributed by atoms with Gasteiger partial charge in [-0.25, -0.2) is 29.3 Å². The molecule has 27 heteroatoms. The summed E-state index contributed by atoms with van der Waals surface area (Å²) in [7, 11) is 0. The number of halogens is 1. The number of allylic oxidation sites excluding steroid dienone is 3. The molecule has 0 radical (unpaired) electrons. The second-order valence-electron chi connectivity index (χ2n) is 27.3. The van der Waals surface area contributed by atoms with Crippen LogP contribution in [0.25, 0.3) is 93.7 Å². The maximum Gasteiger partial charge on any atom is 0.133 e. The van der Waals surface area contributed by atoms with Crippen molar-refractivity contribution in [1.29, 1.82) is 0 Å². The van der Waals surface area contributed by atoms with E-state index >= 15 is 0 Å². The van der Waals surface area contributed by atoms with E-state index in [9.17, 15) is 19.7 Å². The Morgan fingerprint density at radius 3 is 1.45 bits per heavy atom. The van der Waals surface area contributed by atoms with Crippen molar-refractivity contribution in [2.45, 2.75) is 78.2 Å². The van der Waals surface area contributed by atoms with Crippen molar-refractivity contribution in [2.75, 3.05) is 95.8 Å². The SMILES string of the molecule is CC(C)(O)CNc1cc(N)nc2cc(C3=CC=NC3)ccc12.CCCCNc1cc(N)nc2cc(-c3ccn[nH]3)c(F)cc12.CC[C@@H](O)COc1cc(N)nc2cc(C3=CC=NC3)ccc12.C[C@@H](O)CNc1cc(N)nc2cc(C3=CC=NC3)ccc12.Nc1cc(NCc2ccc[nH]2)c2ccc(-c3ccn[nH]3)cc2n1. The van der Waals surface area contributed by atoms with Crippen molar-refractivity contribution in [1.82, 2.24) is 50.3 Å². The minimum Gasteiger partial charge on any atom is -0.490 e. The van der Waals surface area contributed by atoms with E-state index < -0.39 is 17.8 Å². The van der Waals surface area contributed by atoms with E-state index in [4.69, 9.17) is 33.4 Å². The second kappa shape index (κ2) is 35.5. The number of aromatic nitrogens is 10. The summed E-state index contributed by atoms with van der Waals surface area (Å²) in [4.78, 5) is 37.8. The fourth-order valence-electron chi connectivity index (χ4n) is 12.3. The molecule has 16 rings (SSSR count). The molecule has 0 saturated carbocycles. The number of nitrogens with zero attached hydrogens (tertiary/aromatic N) is 10. The van der Waals surface area contributed by atoms with E-state index in [1.807, 2.05) is 129 Å². The lowest BCUT2D eigenvalue weighted by atomic mass is 10.0. The molecule has 564 valence electrons. The molecule has 0 amide bonds. The van der Waals surface area contributed by atoms with Gasteiger partial charge in [0.1, 0.15) is 47.3 Å². The van der Waals surface area contributed by atoms with Gasteiger partial charge in [-0.05, 0) is 152 Å². The average Bonchev–Trinajstić information content (AvgIpc) is 1.21. The third-order valence-electron chi connectivity index (χ3n) is 18.0. The Bertz CT molecular complexity index is 5560. The molecule has 0 saturated heterocycles. The van der Waals surface area contributed by atoms with Crippen molar-refractivity contribution < 1.29 is 24.4 Å². The number of fused-ring (bicyclic) bond motifs is 5. The topological polar surface area (TPSA) is 423 Å². The molecule has 13 aromatic rings. The molecule has 0 bridgehead atoms. The molecular weight excluding hydrogens is 1390 g/mol.